The van der Waals surface area contributed by atoms with Crippen molar-refractivity contribution in [3.63, 3.8) is 0 Å². The number of rotatable bonds is 5. The van der Waals surface area contributed by atoms with Crippen molar-refractivity contribution in [1.82, 2.24) is 15.2 Å². The van der Waals surface area contributed by atoms with Gasteiger partial charge in [-0.2, -0.15) is 0 Å². The van der Waals surface area contributed by atoms with E-state index in [1.807, 2.05) is 24.3 Å². The molecule has 0 saturated carbocycles. The SMILES string of the molecule is CCOC(=O)/C=C/c1c[nH]c2c(-c3ccccc3OC)nnc(Cl)c12. The first kappa shape index (κ1) is 17.0. The van der Waals surface area contributed by atoms with Crippen molar-refractivity contribution < 1.29 is 14.3 Å². The summed E-state index contributed by atoms with van der Waals surface area (Å²) in [6.45, 7) is 2.07. The van der Waals surface area contributed by atoms with Crippen LogP contribution in [0.3, 0.4) is 0 Å². The minimum Gasteiger partial charge on any atom is -0.496 e. The van der Waals surface area contributed by atoms with Crippen molar-refractivity contribution in [3.8, 4) is 17.0 Å². The monoisotopic (exact) mass is 357 g/mol. The second-order valence-electron chi connectivity index (χ2n) is 5.12. The number of ether oxygens (including phenoxy) is 2. The molecule has 25 heavy (non-hydrogen) atoms. The van der Waals surface area contributed by atoms with E-state index >= 15 is 0 Å². The van der Waals surface area contributed by atoms with Crippen LogP contribution in [0.2, 0.25) is 5.15 Å². The number of methoxy groups -OCH3 is 1. The molecule has 2 aromatic heterocycles. The van der Waals surface area contributed by atoms with Crippen molar-refractivity contribution in [1.29, 1.82) is 0 Å². The van der Waals surface area contributed by atoms with Gasteiger partial charge in [0, 0.05) is 28.8 Å². The van der Waals surface area contributed by atoms with Crippen LogP contribution in [0.1, 0.15) is 12.5 Å². The van der Waals surface area contributed by atoms with Crippen LogP contribution in [-0.2, 0) is 9.53 Å². The Labute approximate surface area is 149 Å². The molecule has 0 radical (unpaired) electrons. The summed E-state index contributed by atoms with van der Waals surface area (Å²) in [5, 5.41) is 9.19. The number of esters is 1. The summed E-state index contributed by atoms with van der Waals surface area (Å²) in [7, 11) is 1.60. The number of nitrogens with zero attached hydrogens (tertiary/aromatic N) is 2. The molecule has 2 heterocycles. The highest BCUT2D eigenvalue weighted by molar-refractivity contribution is 6.35. The molecule has 0 bridgehead atoms. The second-order valence-corrected chi connectivity index (χ2v) is 5.48. The zero-order valence-electron chi connectivity index (χ0n) is 13.7. The van der Waals surface area contributed by atoms with Crippen molar-refractivity contribution in [2.24, 2.45) is 0 Å². The van der Waals surface area contributed by atoms with E-state index in [2.05, 4.69) is 15.2 Å². The van der Waals surface area contributed by atoms with Gasteiger partial charge in [0.2, 0.25) is 0 Å². The van der Waals surface area contributed by atoms with Gasteiger partial charge in [-0.15, -0.1) is 10.2 Å². The maximum Gasteiger partial charge on any atom is 0.330 e. The molecule has 0 fully saturated rings. The van der Waals surface area contributed by atoms with Crippen LogP contribution in [0.15, 0.2) is 36.5 Å². The molecule has 1 N–H and O–H groups in total. The fourth-order valence-electron chi connectivity index (χ4n) is 2.55. The summed E-state index contributed by atoms with van der Waals surface area (Å²) in [6.07, 6.45) is 4.73. The molecule has 0 aliphatic heterocycles. The van der Waals surface area contributed by atoms with E-state index in [0.29, 0.717) is 29.0 Å². The van der Waals surface area contributed by atoms with Crippen LogP contribution in [0.4, 0.5) is 0 Å². The summed E-state index contributed by atoms with van der Waals surface area (Å²) >= 11 is 6.24. The molecule has 7 heteroatoms. The summed E-state index contributed by atoms with van der Waals surface area (Å²) < 4.78 is 10.3. The highest BCUT2D eigenvalue weighted by Crippen LogP contribution is 2.35. The maximum absolute atomic E-state index is 11.5. The number of hydrogen-bond acceptors (Lipinski definition) is 5. The number of benzene rings is 1. The lowest BCUT2D eigenvalue weighted by molar-refractivity contribution is -0.137. The van der Waals surface area contributed by atoms with E-state index in [4.69, 9.17) is 21.1 Å². The number of hydrogen-bond donors (Lipinski definition) is 1. The van der Waals surface area contributed by atoms with Gasteiger partial charge in [-0.1, -0.05) is 23.7 Å². The number of aromatic nitrogens is 3. The third kappa shape index (κ3) is 3.34. The minimum absolute atomic E-state index is 0.249. The minimum atomic E-state index is -0.417. The van der Waals surface area contributed by atoms with E-state index in [1.165, 1.54) is 6.08 Å². The third-order valence-electron chi connectivity index (χ3n) is 3.64. The number of fused-ring (bicyclic) bond motifs is 1. The molecule has 3 rings (SSSR count). The van der Waals surface area contributed by atoms with Gasteiger partial charge in [0.1, 0.15) is 11.4 Å². The highest BCUT2D eigenvalue weighted by Gasteiger charge is 2.17. The number of nitrogens with one attached hydrogen (secondary N) is 1. The van der Waals surface area contributed by atoms with Crippen LogP contribution in [0.5, 0.6) is 5.75 Å². The molecule has 0 unspecified atom stereocenters. The average Bonchev–Trinajstić information content (AvgIpc) is 3.05. The lowest BCUT2D eigenvalue weighted by Crippen LogP contribution is -1.98. The van der Waals surface area contributed by atoms with Gasteiger partial charge in [0.25, 0.3) is 0 Å². The van der Waals surface area contributed by atoms with E-state index < -0.39 is 5.97 Å². The normalized spacial score (nSPS) is 11.2. The zero-order valence-corrected chi connectivity index (χ0v) is 14.5. The predicted octanol–water partition coefficient (Wildman–Crippen LogP) is 3.86. The zero-order chi connectivity index (χ0) is 17.8. The van der Waals surface area contributed by atoms with Gasteiger partial charge in [0.05, 0.1) is 19.2 Å². The van der Waals surface area contributed by atoms with Gasteiger partial charge in [-0.05, 0) is 25.1 Å². The Bertz CT molecular complexity index is 950. The first-order chi connectivity index (χ1) is 12.2. The van der Waals surface area contributed by atoms with Crippen molar-refractivity contribution in [3.05, 3.63) is 47.3 Å². The Balaban J connectivity index is 2.12. The Morgan fingerprint density at radius 2 is 2.12 bits per heavy atom. The second kappa shape index (κ2) is 7.36. The van der Waals surface area contributed by atoms with Gasteiger partial charge in [0.15, 0.2) is 5.15 Å². The molecular formula is C18H16ClN3O3. The van der Waals surface area contributed by atoms with Gasteiger partial charge in [-0.3, -0.25) is 0 Å². The summed E-state index contributed by atoms with van der Waals surface area (Å²) in [6, 6.07) is 7.52. The number of aromatic amines is 1. The van der Waals surface area contributed by atoms with E-state index in [1.54, 1.807) is 26.3 Å². The van der Waals surface area contributed by atoms with Crippen LogP contribution < -0.4 is 4.74 Å². The molecule has 6 nitrogen and oxygen atoms in total. The van der Waals surface area contributed by atoms with Crippen molar-refractivity contribution in [2.75, 3.05) is 13.7 Å². The summed E-state index contributed by atoms with van der Waals surface area (Å²) in [5.74, 6) is 0.263. The molecular weight excluding hydrogens is 342 g/mol. The van der Waals surface area contributed by atoms with Crippen LogP contribution >= 0.6 is 11.6 Å². The summed E-state index contributed by atoms with van der Waals surface area (Å²) in [5.41, 5.74) is 2.85. The summed E-state index contributed by atoms with van der Waals surface area (Å²) in [4.78, 5) is 14.7. The highest BCUT2D eigenvalue weighted by atomic mass is 35.5. The topological polar surface area (TPSA) is 77.1 Å². The Kier molecular flexibility index (Phi) is 5.00. The van der Waals surface area contributed by atoms with Gasteiger partial charge < -0.3 is 14.5 Å². The van der Waals surface area contributed by atoms with E-state index in [-0.39, 0.29) is 5.15 Å². The smallest absolute Gasteiger partial charge is 0.330 e. The Morgan fingerprint density at radius 3 is 2.88 bits per heavy atom. The van der Waals surface area contributed by atoms with Crippen LogP contribution in [-0.4, -0.2) is 34.9 Å². The first-order valence-electron chi connectivity index (χ1n) is 7.67. The number of para-hydroxylation sites is 1. The molecule has 1 aromatic carbocycles. The molecule has 128 valence electrons. The molecule has 0 atom stereocenters. The fourth-order valence-corrected chi connectivity index (χ4v) is 2.79. The Morgan fingerprint density at radius 1 is 1.32 bits per heavy atom. The predicted molar refractivity (Wildman–Crippen MR) is 96.6 cm³/mol. The number of carbonyl (C=O) groups excluding carboxylic acids is 1. The van der Waals surface area contributed by atoms with Crippen LogP contribution in [0, 0.1) is 0 Å². The third-order valence-corrected chi connectivity index (χ3v) is 3.90. The number of H-pyrrole nitrogens is 1. The molecule has 0 spiro atoms. The molecule has 0 aliphatic carbocycles. The number of halogens is 1. The van der Waals surface area contributed by atoms with Crippen LogP contribution in [0.25, 0.3) is 28.2 Å². The first-order valence-corrected chi connectivity index (χ1v) is 8.05. The van der Waals surface area contributed by atoms with Gasteiger partial charge in [-0.25, -0.2) is 4.79 Å². The lowest BCUT2D eigenvalue weighted by Gasteiger charge is -2.08. The molecule has 0 aliphatic rings. The van der Waals surface area contributed by atoms with Crippen molar-refractivity contribution in [2.45, 2.75) is 6.92 Å². The van der Waals surface area contributed by atoms with Gasteiger partial charge >= 0.3 is 5.97 Å². The fraction of sp³-hybridized carbons (Fsp3) is 0.167. The average molecular weight is 358 g/mol. The van der Waals surface area contributed by atoms with E-state index in [9.17, 15) is 4.79 Å². The van der Waals surface area contributed by atoms with Crippen molar-refractivity contribution >= 4 is 34.5 Å². The van der Waals surface area contributed by atoms with E-state index in [0.717, 1.165) is 11.1 Å². The Hall–Kier alpha value is -2.86. The molecule has 0 amide bonds. The molecule has 3 aromatic rings. The standard InChI is InChI=1S/C18H16ClN3O3/c1-3-25-14(23)9-8-11-10-20-17-15(11)18(19)22-21-16(17)12-6-4-5-7-13(12)24-2/h4-10,20H,3H2,1-2H3/b9-8+. The largest absolute Gasteiger partial charge is 0.496 e. The maximum atomic E-state index is 11.5. The molecule has 0 saturated heterocycles. The lowest BCUT2D eigenvalue weighted by atomic mass is 10.1. The number of carbonyl (C=O) groups is 1. The quantitative estimate of drug-likeness (QED) is 0.554.